The number of thiazole rings is 1. The minimum atomic E-state index is -0.102. The molecule has 1 aliphatic rings. The van der Waals surface area contributed by atoms with Gasteiger partial charge in [0.15, 0.2) is 5.13 Å². The van der Waals surface area contributed by atoms with Crippen molar-refractivity contribution in [3.8, 4) is 0 Å². The van der Waals surface area contributed by atoms with Gasteiger partial charge in [-0.2, -0.15) is 0 Å². The van der Waals surface area contributed by atoms with Crippen LogP contribution in [0.1, 0.15) is 48.7 Å². The van der Waals surface area contributed by atoms with Crippen molar-refractivity contribution in [1.29, 1.82) is 0 Å². The summed E-state index contributed by atoms with van der Waals surface area (Å²) in [4.78, 5) is 16.6. The van der Waals surface area contributed by atoms with Crippen molar-refractivity contribution >= 4 is 28.2 Å². The second-order valence-electron chi connectivity index (χ2n) is 5.00. The summed E-state index contributed by atoms with van der Waals surface area (Å²) in [5.41, 5.74) is 5.77. The highest BCUT2D eigenvalue weighted by Crippen LogP contribution is 2.33. The molecule has 2 rings (SSSR count). The second kappa shape index (κ2) is 6.75. The first-order valence-electron chi connectivity index (χ1n) is 6.99. The number of carbonyl (C=O) groups excluding carboxylic acids is 1. The van der Waals surface area contributed by atoms with Gasteiger partial charge in [0.1, 0.15) is 10.7 Å². The van der Waals surface area contributed by atoms with Crippen LogP contribution in [-0.2, 0) is 0 Å². The lowest BCUT2D eigenvalue weighted by atomic mass is 10.2. The highest BCUT2D eigenvalue weighted by atomic mass is 32.1. The predicted octanol–water partition coefficient (Wildman–Crippen LogP) is 2.47. The fraction of sp³-hybridized carbons (Fsp3) is 0.692. The van der Waals surface area contributed by atoms with Crippen molar-refractivity contribution in [3.63, 3.8) is 0 Å². The van der Waals surface area contributed by atoms with Gasteiger partial charge in [-0.15, -0.1) is 0 Å². The molecular weight excluding hydrogens is 260 g/mol. The summed E-state index contributed by atoms with van der Waals surface area (Å²) in [7, 11) is 0. The largest absolute Gasteiger partial charge is 0.382 e. The van der Waals surface area contributed by atoms with Crippen LogP contribution in [0.15, 0.2) is 0 Å². The van der Waals surface area contributed by atoms with Crippen LogP contribution in [0.25, 0.3) is 0 Å². The number of anilines is 2. The maximum Gasteiger partial charge on any atom is 0.265 e. The Morgan fingerprint density at radius 2 is 2.26 bits per heavy atom. The number of amides is 1. The highest BCUT2D eigenvalue weighted by Gasteiger charge is 2.20. The molecule has 0 aliphatic heterocycles. The Morgan fingerprint density at radius 3 is 2.95 bits per heavy atom. The Bertz CT molecular complexity index is 428. The number of nitrogens with two attached hydrogens (primary N) is 1. The van der Waals surface area contributed by atoms with Crippen LogP contribution in [0, 0.1) is 5.92 Å². The Morgan fingerprint density at radius 1 is 1.47 bits per heavy atom. The molecule has 6 heteroatoms. The van der Waals surface area contributed by atoms with Crippen molar-refractivity contribution < 1.29 is 4.79 Å². The molecule has 5 nitrogen and oxygen atoms in total. The van der Waals surface area contributed by atoms with Crippen LogP contribution in [0.2, 0.25) is 0 Å². The third-order valence-corrected chi connectivity index (χ3v) is 4.19. The number of hydrogen-bond donors (Lipinski definition) is 3. The van der Waals surface area contributed by atoms with Gasteiger partial charge < -0.3 is 16.4 Å². The van der Waals surface area contributed by atoms with E-state index in [9.17, 15) is 4.79 Å². The maximum atomic E-state index is 12.0. The zero-order chi connectivity index (χ0) is 13.7. The topological polar surface area (TPSA) is 80.0 Å². The summed E-state index contributed by atoms with van der Waals surface area (Å²) in [5, 5.41) is 6.79. The number of nitrogens with one attached hydrogen (secondary N) is 2. The van der Waals surface area contributed by atoms with Crippen LogP contribution < -0.4 is 16.4 Å². The molecule has 1 saturated carbocycles. The van der Waals surface area contributed by atoms with E-state index >= 15 is 0 Å². The summed E-state index contributed by atoms with van der Waals surface area (Å²) < 4.78 is 0. The summed E-state index contributed by atoms with van der Waals surface area (Å²) in [6.45, 7) is 3.65. The average Bonchev–Trinajstić information content (AvgIpc) is 3.14. The Hall–Kier alpha value is -1.30. The normalized spacial score (nSPS) is 14.4. The number of hydrogen-bond acceptors (Lipinski definition) is 5. The summed E-state index contributed by atoms with van der Waals surface area (Å²) in [6.07, 6.45) is 6.02. The summed E-state index contributed by atoms with van der Waals surface area (Å²) >= 11 is 1.32. The molecule has 0 unspecified atom stereocenters. The Kier molecular flexibility index (Phi) is 5.01. The van der Waals surface area contributed by atoms with Crippen LogP contribution in [0.3, 0.4) is 0 Å². The van der Waals surface area contributed by atoms with Gasteiger partial charge in [0.2, 0.25) is 0 Å². The molecule has 0 spiro atoms. The molecule has 0 atom stereocenters. The molecule has 1 aromatic heterocycles. The van der Waals surface area contributed by atoms with Crippen molar-refractivity contribution in [2.75, 3.05) is 24.1 Å². The third kappa shape index (κ3) is 4.38. The second-order valence-corrected chi connectivity index (χ2v) is 6.00. The Balaban J connectivity index is 1.77. The summed E-state index contributed by atoms with van der Waals surface area (Å²) in [6, 6.07) is 0. The van der Waals surface area contributed by atoms with Gasteiger partial charge in [-0.05, 0) is 25.2 Å². The molecule has 1 amide bonds. The quantitative estimate of drug-likeness (QED) is 0.640. The van der Waals surface area contributed by atoms with Crippen LogP contribution in [0.5, 0.6) is 0 Å². The SMILES string of the molecule is CCCNc1nc(N)c(C(=O)NCCCC2CC2)s1. The number of aromatic nitrogens is 1. The van der Waals surface area contributed by atoms with Gasteiger partial charge in [-0.1, -0.05) is 31.1 Å². The van der Waals surface area contributed by atoms with Gasteiger partial charge in [0, 0.05) is 13.1 Å². The lowest BCUT2D eigenvalue weighted by Gasteiger charge is -2.03. The van der Waals surface area contributed by atoms with E-state index in [-0.39, 0.29) is 5.91 Å². The van der Waals surface area contributed by atoms with Crippen molar-refractivity contribution in [1.82, 2.24) is 10.3 Å². The molecular formula is C13H22N4OS. The van der Waals surface area contributed by atoms with E-state index in [0.717, 1.165) is 37.0 Å². The first kappa shape index (κ1) is 14.1. The summed E-state index contributed by atoms with van der Waals surface area (Å²) in [5.74, 6) is 1.13. The third-order valence-electron chi connectivity index (χ3n) is 3.16. The maximum absolute atomic E-state index is 12.0. The molecule has 1 aromatic rings. The number of carbonyl (C=O) groups is 1. The molecule has 0 bridgehead atoms. The molecule has 0 radical (unpaired) electrons. The molecule has 1 fully saturated rings. The standard InChI is InChI=1S/C13H22N4OS/c1-2-7-16-13-17-11(14)10(19-13)12(18)15-8-3-4-9-5-6-9/h9H,2-8,14H2,1H3,(H,15,18)(H,16,17). The Labute approximate surface area is 118 Å². The van der Waals surface area contributed by atoms with Crippen molar-refractivity contribution in [3.05, 3.63) is 4.88 Å². The zero-order valence-corrected chi connectivity index (χ0v) is 12.2. The molecule has 1 aliphatic carbocycles. The highest BCUT2D eigenvalue weighted by molar-refractivity contribution is 7.18. The average molecular weight is 282 g/mol. The van der Waals surface area contributed by atoms with E-state index in [1.165, 1.54) is 30.6 Å². The number of nitrogen functional groups attached to an aromatic ring is 1. The molecule has 0 saturated heterocycles. The first-order chi connectivity index (χ1) is 9.20. The van der Waals surface area contributed by atoms with Gasteiger partial charge in [-0.3, -0.25) is 4.79 Å². The molecule has 19 heavy (non-hydrogen) atoms. The molecule has 1 heterocycles. The zero-order valence-electron chi connectivity index (χ0n) is 11.4. The van der Waals surface area contributed by atoms with E-state index in [0.29, 0.717) is 10.7 Å². The molecule has 0 aromatic carbocycles. The fourth-order valence-corrected chi connectivity index (χ4v) is 2.71. The van der Waals surface area contributed by atoms with Crippen LogP contribution in [-0.4, -0.2) is 24.0 Å². The fourth-order valence-electron chi connectivity index (χ4n) is 1.88. The molecule has 106 valence electrons. The molecule has 4 N–H and O–H groups in total. The number of rotatable bonds is 8. The van der Waals surface area contributed by atoms with Crippen LogP contribution >= 0.6 is 11.3 Å². The first-order valence-corrected chi connectivity index (χ1v) is 7.80. The van der Waals surface area contributed by atoms with Crippen molar-refractivity contribution in [2.24, 2.45) is 5.92 Å². The smallest absolute Gasteiger partial charge is 0.265 e. The van der Waals surface area contributed by atoms with Crippen LogP contribution in [0.4, 0.5) is 10.9 Å². The van der Waals surface area contributed by atoms with Gasteiger partial charge in [0.25, 0.3) is 5.91 Å². The van der Waals surface area contributed by atoms with E-state index in [1.54, 1.807) is 0 Å². The van der Waals surface area contributed by atoms with E-state index < -0.39 is 0 Å². The van der Waals surface area contributed by atoms with Gasteiger partial charge in [-0.25, -0.2) is 4.98 Å². The minimum Gasteiger partial charge on any atom is -0.382 e. The lowest BCUT2D eigenvalue weighted by molar-refractivity contribution is 0.0957. The van der Waals surface area contributed by atoms with Gasteiger partial charge in [0.05, 0.1) is 0 Å². The van der Waals surface area contributed by atoms with Crippen molar-refractivity contribution in [2.45, 2.75) is 39.0 Å². The van der Waals surface area contributed by atoms with E-state index in [4.69, 9.17) is 5.73 Å². The van der Waals surface area contributed by atoms with E-state index in [1.807, 2.05) is 0 Å². The minimum absolute atomic E-state index is 0.102. The number of nitrogens with zero attached hydrogens (tertiary/aromatic N) is 1. The van der Waals surface area contributed by atoms with E-state index in [2.05, 4.69) is 22.5 Å². The monoisotopic (exact) mass is 282 g/mol. The lowest BCUT2D eigenvalue weighted by Crippen LogP contribution is -2.24. The van der Waals surface area contributed by atoms with Gasteiger partial charge >= 0.3 is 0 Å². The predicted molar refractivity (Wildman–Crippen MR) is 79.6 cm³/mol.